The number of fused-ring (bicyclic) bond motifs is 1. The highest BCUT2D eigenvalue weighted by atomic mass is 19.1. The maximum Gasteiger partial charge on any atom is 0.214 e. The van der Waals surface area contributed by atoms with Crippen molar-refractivity contribution in [1.82, 2.24) is 0 Å². The Morgan fingerprint density at radius 1 is 1.00 bits per heavy atom. The quantitative estimate of drug-likeness (QED) is 0.459. The minimum Gasteiger partial charge on any atom is -0.367 e. The van der Waals surface area contributed by atoms with Gasteiger partial charge in [0.15, 0.2) is 0 Å². The number of rotatable bonds is 6. The number of halogens is 1. The van der Waals surface area contributed by atoms with Crippen molar-refractivity contribution < 1.29 is 9.31 Å². The zero-order valence-corrected chi connectivity index (χ0v) is 15.4. The Labute approximate surface area is 163 Å². The van der Waals surface area contributed by atoms with Crippen LogP contribution in [0.25, 0.3) is 0 Å². The Balaban J connectivity index is 1.61. The summed E-state index contributed by atoms with van der Waals surface area (Å²) in [7, 11) is 0. The van der Waals surface area contributed by atoms with Gasteiger partial charge in [0, 0.05) is 23.7 Å². The molecule has 1 aliphatic rings. The Morgan fingerprint density at radius 2 is 1.71 bits per heavy atom. The van der Waals surface area contributed by atoms with E-state index in [0.717, 1.165) is 30.6 Å². The summed E-state index contributed by atoms with van der Waals surface area (Å²) in [4.78, 5) is 13.3. The molecule has 28 heavy (non-hydrogen) atoms. The Bertz CT molecular complexity index is 974. The first-order chi connectivity index (χ1) is 13.6. The summed E-state index contributed by atoms with van der Waals surface area (Å²) in [6, 6.07) is 22.4. The van der Waals surface area contributed by atoms with Crippen LogP contribution < -0.4 is 4.90 Å². The minimum atomic E-state index is -0.385. The van der Waals surface area contributed by atoms with Crippen LogP contribution in [0.2, 0.25) is 0 Å². The molecule has 0 aromatic heterocycles. The number of nitrogens with zero attached hydrogens (tertiary/aromatic N) is 2. The van der Waals surface area contributed by atoms with E-state index in [1.165, 1.54) is 28.9 Å². The van der Waals surface area contributed by atoms with E-state index in [0.29, 0.717) is 0 Å². The average molecular weight is 376 g/mol. The van der Waals surface area contributed by atoms with Gasteiger partial charge in [0.1, 0.15) is 5.82 Å². The summed E-state index contributed by atoms with van der Waals surface area (Å²) in [6.07, 6.45) is 0.921. The van der Waals surface area contributed by atoms with E-state index in [9.17, 15) is 14.5 Å². The van der Waals surface area contributed by atoms with Gasteiger partial charge in [0.2, 0.25) is 6.54 Å². The van der Waals surface area contributed by atoms with Crippen molar-refractivity contribution in [2.75, 3.05) is 18.0 Å². The lowest BCUT2D eigenvalue weighted by Crippen LogP contribution is -2.19. The van der Waals surface area contributed by atoms with Gasteiger partial charge >= 0.3 is 0 Å². The summed E-state index contributed by atoms with van der Waals surface area (Å²) in [5, 5.41) is 11.2. The van der Waals surface area contributed by atoms with E-state index in [4.69, 9.17) is 0 Å². The lowest BCUT2D eigenvalue weighted by Gasteiger charge is -2.20. The lowest BCUT2D eigenvalue weighted by atomic mass is 9.90. The predicted octanol–water partition coefficient (Wildman–Crippen LogP) is 4.80. The third kappa shape index (κ3) is 3.88. The molecule has 0 bridgehead atoms. The zero-order chi connectivity index (χ0) is 19.5. The second-order valence-electron chi connectivity index (χ2n) is 7.16. The van der Waals surface area contributed by atoms with Crippen LogP contribution >= 0.6 is 0 Å². The minimum absolute atomic E-state index is 0.210. The fraction of sp³-hybridized carbons (Fsp3) is 0.217. The summed E-state index contributed by atoms with van der Waals surface area (Å²) in [6.45, 7) is 1.58. The molecule has 5 heteroatoms. The molecule has 4 nitrogen and oxygen atoms in total. The number of benzene rings is 3. The standard InChI is InChI=1S/C23H21FN2O2/c24-21-9-6-18(7-10-21)22(16-26(27)28)19-8-11-23-20(14-19)12-13-25(23)15-17-4-2-1-3-5-17/h1-11,14,22H,12-13,15-16H2. The predicted molar refractivity (Wildman–Crippen MR) is 108 cm³/mol. The first-order valence-corrected chi connectivity index (χ1v) is 9.39. The number of hydrogen-bond acceptors (Lipinski definition) is 3. The molecule has 1 aliphatic heterocycles. The molecule has 0 amide bonds. The fourth-order valence-electron chi connectivity index (χ4n) is 3.92. The molecule has 0 saturated heterocycles. The third-order valence-corrected chi connectivity index (χ3v) is 5.32. The number of hydrogen-bond donors (Lipinski definition) is 0. The molecule has 0 N–H and O–H groups in total. The van der Waals surface area contributed by atoms with Gasteiger partial charge in [-0.05, 0) is 46.9 Å². The monoisotopic (exact) mass is 376 g/mol. The van der Waals surface area contributed by atoms with E-state index < -0.39 is 0 Å². The number of nitro groups is 1. The second-order valence-corrected chi connectivity index (χ2v) is 7.16. The smallest absolute Gasteiger partial charge is 0.214 e. The molecule has 1 heterocycles. The first-order valence-electron chi connectivity index (χ1n) is 9.39. The molecule has 0 aliphatic carbocycles. The molecule has 1 atom stereocenters. The molecular formula is C23H21FN2O2. The van der Waals surface area contributed by atoms with Gasteiger partial charge in [-0.25, -0.2) is 4.39 Å². The molecule has 1 unspecified atom stereocenters. The van der Waals surface area contributed by atoms with E-state index in [1.54, 1.807) is 12.1 Å². The topological polar surface area (TPSA) is 46.4 Å². The van der Waals surface area contributed by atoms with Crippen LogP contribution in [0.4, 0.5) is 10.1 Å². The lowest BCUT2D eigenvalue weighted by molar-refractivity contribution is -0.481. The van der Waals surface area contributed by atoms with Gasteiger partial charge in [-0.1, -0.05) is 54.6 Å². The first kappa shape index (κ1) is 18.2. The van der Waals surface area contributed by atoms with Crippen LogP contribution in [0, 0.1) is 15.9 Å². The van der Waals surface area contributed by atoms with Crippen molar-refractivity contribution in [2.45, 2.75) is 18.9 Å². The van der Waals surface area contributed by atoms with Crippen molar-refractivity contribution in [3.63, 3.8) is 0 Å². The average Bonchev–Trinajstić information content (AvgIpc) is 3.09. The summed E-state index contributed by atoms with van der Waals surface area (Å²) < 4.78 is 13.3. The molecule has 0 radical (unpaired) electrons. The van der Waals surface area contributed by atoms with E-state index in [1.807, 2.05) is 24.3 Å². The molecule has 3 aromatic rings. The summed E-state index contributed by atoms with van der Waals surface area (Å²) >= 11 is 0. The van der Waals surface area contributed by atoms with E-state index >= 15 is 0 Å². The Kier molecular flexibility index (Phi) is 5.06. The van der Waals surface area contributed by atoms with Crippen molar-refractivity contribution in [3.8, 4) is 0 Å². The van der Waals surface area contributed by atoms with Gasteiger partial charge < -0.3 is 4.90 Å². The molecule has 0 fully saturated rings. The van der Waals surface area contributed by atoms with Gasteiger partial charge in [-0.2, -0.15) is 0 Å². The largest absolute Gasteiger partial charge is 0.367 e. The molecular weight excluding hydrogens is 355 g/mol. The Hall–Kier alpha value is -3.21. The van der Waals surface area contributed by atoms with Gasteiger partial charge in [0.05, 0.1) is 5.92 Å². The maximum absolute atomic E-state index is 13.3. The van der Waals surface area contributed by atoms with Crippen molar-refractivity contribution in [3.05, 3.63) is 111 Å². The van der Waals surface area contributed by atoms with Crippen molar-refractivity contribution in [1.29, 1.82) is 0 Å². The normalized spacial score (nSPS) is 14.0. The van der Waals surface area contributed by atoms with Crippen molar-refractivity contribution in [2.24, 2.45) is 0 Å². The van der Waals surface area contributed by atoms with Crippen LogP contribution in [0.5, 0.6) is 0 Å². The van der Waals surface area contributed by atoms with E-state index in [-0.39, 0.29) is 23.2 Å². The highest BCUT2D eigenvalue weighted by Crippen LogP contribution is 2.34. The number of anilines is 1. The highest BCUT2D eigenvalue weighted by molar-refractivity contribution is 5.60. The third-order valence-electron chi connectivity index (χ3n) is 5.32. The summed E-state index contributed by atoms with van der Waals surface area (Å²) in [5.41, 5.74) is 5.33. The summed E-state index contributed by atoms with van der Waals surface area (Å²) in [5.74, 6) is -0.724. The second kappa shape index (κ2) is 7.80. The van der Waals surface area contributed by atoms with Crippen LogP contribution in [-0.2, 0) is 13.0 Å². The van der Waals surface area contributed by atoms with E-state index in [2.05, 4.69) is 29.2 Å². The van der Waals surface area contributed by atoms with Crippen LogP contribution in [0.3, 0.4) is 0 Å². The van der Waals surface area contributed by atoms with Crippen molar-refractivity contribution >= 4 is 5.69 Å². The SMILES string of the molecule is O=[N+]([O-])CC(c1ccc(F)cc1)c1ccc2c(c1)CCN2Cc1ccccc1. The zero-order valence-electron chi connectivity index (χ0n) is 15.4. The van der Waals surface area contributed by atoms with Gasteiger partial charge in [0.25, 0.3) is 0 Å². The van der Waals surface area contributed by atoms with Gasteiger partial charge in [-0.3, -0.25) is 10.1 Å². The maximum atomic E-state index is 13.3. The molecule has 4 rings (SSSR count). The molecule has 0 spiro atoms. The Morgan fingerprint density at radius 3 is 2.43 bits per heavy atom. The van der Waals surface area contributed by atoms with Crippen LogP contribution in [0.15, 0.2) is 72.8 Å². The van der Waals surface area contributed by atoms with Crippen LogP contribution in [0.1, 0.15) is 28.2 Å². The highest BCUT2D eigenvalue weighted by Gasteiger charge is 2.24. The van der Waals surface area contributed by atoms with Crippen LogP contribution in [-0.4, -0.2) is 18.0 Å². The molecule has 3 aromatic carbocycles. The fourth-order valence-corrected chi connectivity index (χ4v) is 3.92. The van der Waals surface area contributed by atoms with Gasteiger partial charge in [-0.15, -0.1) is 0 Å². The molecule has 142 valence electrons. The molecule has 0 saturated carbocycles.